The minimum atomic E-state index is 0.489. The zero-order chi connectivity index (χ0) is 9.80. The third kappa shape index (κ3) is 2.96. The molecule has 2 heteroatoms. The van der Waals surface area contributed by atoms with E-state index in [0.717, 1.165) is 25.6 Å². The van der Waals surface area contributed by atoms with Gasteiger partial charge in [0.2, 0.25) is 0 Å². The molecule has 1 aliphatic heterocycles. The van der Waals surface area contributed by atoms with Crippen molar-refractivity contribution in [1.82, 2.24) is 5.32 Å². The summed E-state index contributed by atoms with van der Waals surface area (Å²) in [6.45, 7) is 5.40. The highest BCUT2D eigenvalue weighted by Crippen LogP contribution is 2.29. The summed E-state index contributed by atoms with van der Waals surface area (Å²) in [6.07, 6.45) is 7.55. The maximum absolute atomic E-state index is 5.91. The lowest BCUT2D eigenvalue weighted by atomic mass is 10.00. The summed E-state index contributed by atoms with van der Waals surface area (Å²) in [5.74, 6) is 1.64. The van der Waals surface area contributed by atoms with Crippen molar-refractivity contribution >= 4 is 0 Å². The van der Waals surface area contributed by atoms with Crippen molar-refractivity contribution in [3.63, 3.8) is 0 Å². The molecule has 0 amide bonds. The Hall–Kier alpha value is -0.0800. The van der Waals surface area contributed by atoms with Crippen LogP contribution in [-0.2, 0) is 4.74 Å². The summed E-state index contributed by atoms with van der Waals surface area (Å²) < 4.78 is 5.91. The summed E-state index contributed by atoms with van der Waals surface area (Å²) in [4.78, 5) is 0. The number of ether oxygens (including phenoxy) is 1. The topological polar surface area (TPSA) is 21.3 Å². The maximum atomic E-state index is 5.91. The monoisotopic (exact) mass is 197 g/mol. The smallest absolute Gasteiger partial charge is 0.0702 e. The van der Waals surface area contributed by atoms with Gasteiger partial charge in [0, 0.05) is 6.54 Å². The Morgan fingerprint density at radius 3 is 2.79 bits per heavy atom. The molecule has 0 aromatic carbocycles. The second-order valence-electron chi connectivity index (χ2n) is 5.10. The summed E-state index contributed by atoms with van der Waals surface area (Å²) >= 11 is 0. The molecule has 0 radical (unpaired) electrons. The van der Waals surface area contributed by atoms with Gasteiger partial charge in [-0.2, -0.15) is 0 Å². The molecule has 1 N–H and O–H groups in total. The molecule has 2 rings (SSSR count). The number of hydrogen-bond donors (Lipinski definition) is 1. The van der Waals surface area contributed by atoms with E-state index < -0.39 is 0 Å². The van der Waals surface area contributed by atoms with Crippen LogP contribution in [0.2, 0.25) is 0 Å². The van der Waals surface area contributed by atoms with Crippen molar-refractivity contribution in [1.29, 1.82) is 0 Å². The minimum absolute atomic E-state index is 0.489. The van der Waals surface area contributed by atoms with Crippen molar-refractivity contribution in [3.8, 4) is 0 Å². The average molecular weight is 197 g/mol. The lowest BCUT2D eigenvalue weighted by Gasteiger charge is -2.19. The van der Waals surface area contributed by atoms with Gasteiger partial charge in [-0.05, 0) is 24.8 Å². The number of hydrogen-bond acceptors (Lipinski definition) is 2. The van der Waals surface area contributed by atoms with Gasteiger partial charge in [0.25, 0.3) is 0 Å². The van der Waals surface area contributed by atoms with Crippen molar-refractivity contribution in [3.05, 3.63) is 0 Å². The van der Waals surface area contributed by atoms with Crippen LogP contribution < -0.4 is 5.32 Å². The van der Waals surface area contributed by atoms with E-state index in [1.807, 2.05) is 0 Å². The molecule has 1 saturated heterocycles. The lowest BCUT2D eigenvalue weighted by molar-refractivity contribution is 0.0366. The first-order valence-corrected chi connectivity index (χ1v) is 6.17. The van der Waals surface area contributed by atoms with E-state index in [1.165, 1.54) is 32.1 Å². The fraction of sp³-hybridized carbons (Fsp3) is 1.00. The molecule has 2 unspecified atom stereocenters. The molecule has 2 aliphatic rings. The van der Waals surface area contributed by atoms with Crippen molar-refractivity contribution < 1.29 is 4.74 Å². The first-order valence-electron chi connectivity index (χ1n) is 6.17. The predicted molar refractivity (Wildman–Crippen MR) is 58.3 cm³/mol. The first kappa shape index (κ1) is 10.4. The third-order valence-electron chi connectivity index (χ3n) is 3.55. The molecule has 0 bridgehead atoms. The Morgan fingerprint density at radius 2 is 2.00 bits per heavy atom. The molecule has 2 atom stereocenters. The molecular weight excluding hydrogens is 174 g/mol. The minimum Gasteiger partial charge on any atom is -0.377 e. The van der Waals surface area contributed by atoms with E-state index in [4.69, 9.17) is 4.74 Å². The zero-order valence-corrected chi connectivity index (χ0v) is 9.30. The van der Waals surface area contributed by atoms with Gasteiger partial charge in [0.15, 0.2) is 0 Å². The average Bonchev–Trinajstić information content (AvgIpc) is 2.58. The van der Waals surface area contributed by atoms with E-state index in [2.05, 4.69) is 12.2 Å². The summed E-state index contributed by atoms with van der Waals surface area (Å²) in [5.41, 5.74) is 0. The predicted octanol–water partition coefficient (Wildman–Crippen LogP) is 2.19. The summed E-state index contributed by atoms with van der Waals surface area (Å²) in [6, 6.07) is 0. The van der Waals surface area contributed by atoms with Gasteiger partial charge in [-0.3, -0.25) is 0 Å². The Kier molecular flexibility index (Phi) is 3.82. The van der Waals surface area contributed by atoms with E-state index in [0.29, 0.717) is 12.0 Å². The van der Waals surface area contributed by atoms with Gasteiger partial charge >= 0.3 is 0 Å². The van der Waals surface area contributed by atoms with Gasteiger partial charge < -0.3 is 10.1 Å². The van der Waals surface area contributed by atoms with Gasteiger partial charge in [0.1, 0.15) is 0 Å². The Balaban J connectivity index is 1.73. The second kappa shape index (κ2) is 5.13. The fourth-order valence-electron chi connectivity index (χ4n) is 2.68. The molecular formula is C12H23NO. The van der Waals surface area contributed by atoms with Crippen LogP contribution in [0.1, 0.15) is 39.0 Å². The Morgan fingerprint density at radius 1 is 1.21 bits per heavy atom. The molecule has 1 heterocycles. The van der Waals surface area contributed by atoms with Crippen molar-refractivity contribution in [2.45, 2.75) is 45.1 Å². The Bertz CT molecular complexity index is 166. The van der Waals surface area contributed by atoms with Gasteiger partial charge in [-0.15, -0.1) is 0 Å². The lowest BCUT2D eigenvalue weighted by Crippen LogP contribution is -2.28. The van der Waals surface area contributed by atoms with E-state index in [9.17, 15) is 0 Å². The number of nitrogens with one attached hydrogen (secondary N) is 1. The highest BCUT2D eigenvalue weighted by molar-refractivity contribution is 4.75. The largest absolute Gasteiger partial charge is 0.377 e. The normalized spacial score (nSPS) is 35.8. The van der Waals surface area contributed by atoms with Crippen molar-refractivity contribution in [2.75, 3.05) is 19.7 Å². The highest BCUT2D eigenvalue weighted by atomic mass is 16.5. The molecule has 0 aromatic rings. The standard InChI is InChI=1S/C12H23NO/c1-10-7-13-8-12(14-9-10)6-11-4-2-3-5-11/h10-13H,2-9H2,1H3. The molecule has 2 fully saturated rings. The van der Waals surface area contributed by atoms with E-state index in [-0.39, 0.29) is 0 Å². The van der Waals surface area contributed by atoms with Crippen LogP contribution >= 0.6 is 0 Å². The molecule has 0 aromatic heterocycles. The molecule has 1 saturated carbocycles. The third-order valence-corrected chi connectivity index (χ3v) is 3.55. The van der Waals surface area contributed by atoms with Crippen LogP contribution in [0.5, 0.6) is 0 Å². The van der Waals surface area contributed by atoms with Crippen LogP contribution in [0.15, 0.2) is 0 Å². The molecule has 0 spiro atoms. The molecule has 14 heavy (non-hydrogen) atoms. The first-order chi connectivity index (χ1) is 6.84. The van der Waals surface area contributed by atoms with E-state index >= 15 is 0 Å². The highest BCUT2D eigenvalue weighted by Gasteiger charge is 2.22. The zero-order valence-electron chi connectivity index (χ0n) is 9.30. The van der Waals surface area contributed by atoms with Crippen LogP contribution in [0.3, 0.4) is 0 Å². The molecule has 2 nitrogen and oxygen atoms in total. The summed E-state index contributed by atoms with van der Waals surface area (Å²) in [5, 5.41) is 3.50. The van der Waals surface area contributed by atoms with Crippen LogP contribution in [0.4, 0.5) is 0 Å². The van der Waals surface area contributed by atoms with Gasteiger partial charge in [-0.25, -0.2) is 0 Å². The summed E-state index contributed by atoms with van der Waals surface area (Å²) in [7, 11) is 0. The van der Waals surface area contributed by atoms with Gasteiger partial charge in [-0.1, -0.05) is 32.6 Å². The second-order valence-corrected chi connectivity index (χ2v) is 5.10. The van der Waals surface area contributed by atoms with Crippen molar-refractivity contribution in [2.24, 2.45) is 11.8 Å². The SMILES string of the molecule is CC1CNCC(CC2CCCC2)OC1. The molecule has 82 valence electrons. The van der Waals surface area contributed by atoms with Crippen LogP contribution in [0.25, 0.3) is 0 Å². The van der Waals surface area contributed by atoms with Crippen LogP contribution in [-0.4, -0.2) is 25.8 Å². The quantitative estimate of drug-likeness (QED) is 0.732. The maximum Gasteiger partial charge on any atom is 0.0702 e. The Labute approximate surface area is 87.4 Å². The number of rotatable bonds is 2. The molecule has 1 aliphatic carbocycles. The van der Waals surface area contributed by atoms with Gasteiger partial charge in [0.05, 0.1) is 12.7 Å². The fourth-order valence-corrected chi connectivity index (χ4v) is 2.68. The van der Waals surface area contributed by atoms with E-state index in [1.54, 1.807) is 0 Å². The van der Waals surface area contributed by atoms with Crippen LogP contribution in [0, 0.1) is 11.8 Å².